The summed E-state index contributed by atoms with van der Waals surface area (Å²) in [7, 11) is 0. The fourth-order valence-corrected chi connectivity index (χ4v) is 2.41. The topological polar surface area (TPSA) is 72.7 Å². The van der Waals surface area contributed by atoms with Crippen molar-refractivity contribution < 1.29 is 4.79 Å². The van der Waals surface area contributed by atoms with Gasteiger partial charge in [0.2, 0.25) is 5.91 Å². The Bertz CT molecular complexity index is 624. The molecule has 1 amide bonds. The van der Waals surface area contributed by atoms with Crippen LogP contribution in [-0.2, 0) is 17.6 Å². The van der Waals surface area contributed by atoms with Crippen LogP contribution in [0.15, 0.2) is 24.3 Å². The van der Waals surface area contributed by atoms with Crippen LogP contribution in [0.3, 0.4) is 0 Å². The Morgan fingerprint density at radius 1 is 1.26 bits per heavy atom. The number of amides is 1. The third-order valence-corrected chi connectivity index (χ3v) is 3.76. The molecule has 6 nitrogen and oxygen atoms in total. The summed E-state index contributed by atoms with van der Waals surface area (Å²) in [5.41, 5.74) is 1.19. The Hall–Kier alpha value is -1.95. The maximum atomic E-state index is 11.8. The predicted molar refractivity (Wildman–Crippen MR) is 89.3 cm³/mol. The van der Waals surface area contributed by atoms with Crippen molar-refractivity contribution in [3.63, 3.8) is 0 Å². The summed E-state index contributed by atoms with van der Waals surface area (Å²) in [4.78, 5) is 11.8. The van der Waals surface area contributed by atoms with Gasteiger partial charge in [0.1, 0.15) is 0 Å². The maximum absolute atomic E-state index is 11.8. The molecule has 0 aliphatic carbocycles. The Balaban J connectivity index is 1.65. The van der Waals surface area contributed by atoms with E-state index in [9.17, 15) is 4.79 Å². The van der Waals surface area contributed by atoms with Crippen molar-refractivity contribution in [1.29, 1.82) is 0 Å². The Labute approximate surface area is 141 Å². The zero-order chi connectivity index (χ0) is 16.7. The highest BCUT2D eigenvalue weighted by Gasteiger charge is 2.09. The van der Waals surface area contributed by atoms with Crippen LogP contribution >= 0.6 is 11.6 Å². The Morgan fingerprint density at radius 2 is 2.00 bits per heavy atom. The molecule has 0 unspecified atom stereocenters. The van der Waals surface area contributed by atoms with Crippen molar-refractivity contribution in [2.45, 2.75) is 45.6 Å². The van der Waals surface area contributed by atoms with E-state index in [0.717, 1.165) is 23.7 Å². The van der Waals surface area contributed by atoms with Gasteiger partial charge in [-0.25, -0.2) is 4.68 Å². The molecule has 1 heterocycles. The first-order valence-corrected chi connectivity index (χ1v) is 8.22. The summed E-state index contributed by atoms with van der Waals surface area (Å²) in [6.07, 6.45) is 2.83. The molecule has 0 spiro atoms. The molecule has 0 radical (unpaired) electrons. The lowest BCUT2D eigenvalue weighted by Gasteiger charge is -2.08. The molecule has 0 aliphatic rings. The molecule has 7 heteroatoms. The summed E-state index contributed by atoms with van der Waals surface area (Å²) in [6.45, 7) is 4.59. The van der Waals surface area contributed by atoms with Crippen LogP contribution in [0.4, 0.5) is 0 Å². The van der Waals surface area contributed by atoms with E-state index in [2.05, 4.69) is 20.8 Å². The number of aryl methyl sites for hydroxylation is 1. The summed E-state index contributed by atoms with van der Waals surface area (Å²) in [5, 5.41) is 15.2. The molecule has 0 fully saturated rings. The van der Waals surface area contributed by atoms with Gasteiger partial charge < -0.3 is 5.32 Å². The number of nitrogens with one attached hydrogen (secondary N) is 1. The molecule has 0 atom stereocenters. The van der Waals surface area contributed by atoms with Crippen LogP contribution in [0.5, 0.6) is 0 Å². The van der Waals surface area contributed by atoms with Crippen molar-refractivity contribution in [3.8, 4) is 0 Å². The minimum Gasteiger partial charge on any atom is -0.356 e. The lowest BCUT2D eigenvalue weighted by Crippen LogP contribution is -2.26. The van der Waals surface area contributed by atoms with Crippen LogP contribution in [-0.4, -0.2) is 32.7 Å². The van der Waals surface area contributed by atoms with Gasteiger partial charge in [-0.3, -0.25) is 4.79 Å². The quantitative estimate of drug-likeness (QED) is 0.804. The largest absolute Gasteiger partial charge is 0.356 e. The van der Waals surface area contributed by atoms with E-state index in [1.165, 1.54) is 5.56 Å². The molecule has 0 saturated heterocycles. The average molecular weight is 336 g/mol. The first-order valence-electron chi connectivity index (χ1n) is 7.84. The van der Waals surface area contributed by atoms with Crippen molar-refractivity contribution in [1.82, 2.24) is 25.5 Å². The highest BCUT2D eigenvalue weighted by Crippen LogP contribution is 2.11. The number of tetrazole rings is 1. The molecule has 2 rings (SSSR count). The van der Waals surface area contributed by atoms with E-state index in [0.29, 0.717) is 19.4 Å². The number of aromatic nitrogens is 4. The van der Waals surface area contributed by atoms with Gasteiger partial charge in [0, 0.05) is 24.4 Å². The van der Waals surface area contributed by atoms with Gasteiger partial charge in [-0.15, -0.1) is 5.10 Å². The summed E-state index contributed by atoms with van der Waals surface area (Å²) < 4.78 is 1.77. The van der Waals surface area contributed by atoms with Gasteiger partial charge in [0.05, 0.1) is 6.04 Å². The van der Waals surface area contributed by atoms with Gasteiger partial charge in [0.25, 0.3) is 0 Å². The molecular formula is C16H22ClN5O. The van der Waals surface area contributed by atoms with E-state index in [1.54, 1.807) is 4.68 Å². The minimum absolute atomic E-state index is 0.0579. The van der Waals surface area contributed by atoms with E-state index in [4.69, 9.17) is 11.6 Å². The molecule has 1 aromatic heterocycles. The van der Waals surface area contributed by atoms with Gasteiger partial charge in [0.15, 0.2) is 5.82 Å². The number of hydrogen-bond acceptors (Lipinski definition) is 4. The molecule has 1 N–H and O–H groups in total. The average Bonchev–Trinajstić information content (AvgIpc) is 2.98. The molecule has 23 heavy (non-hydrogen) atoms. The Morgan fingerprint density at radius 3 is 2.70 bits per heavy atom. The number of halogens is 1. The molecule has 0 aliphatic heterocycles. The summed E-state index contributed by atoms with van der Waals surface area (Å²) in [5.74, 6) is 0.851. The molecule has 1 aromatic carbocycles. The fraction of sp³-hybridized carbons (Fsp3) is 0.500. The smallest absolute Gasteiger partial charge is 0.220 e. The second kappa shape index (κ2) is 8.62. The highest BCUT2D eigenvalue weighted by atomic mass is 35.5. The lowest BCUT2D eigenvalue weighted by molar-refractivity contribution is -0.121. The molecule has 124 valence electrons. The van der Waals surface area contributed by atoms with Gasteiger partial charge in [-0.05, 0) is 54.8 Å². The van der Waals surface area contributed by atoms with E-state index >= 15 is 0 Å². The van der Waals surface area contributed by atoms with Gasteiger partial charge >= 0.3 is 0 Å². The number of rotatable bonds is 8. The second-order valence-electron chi connectivity index (χ2n) is 5.71. The fourth-order valence-electron chi connectivity index (χ4n) is 2.28. The lowest BCUT2D eigenvalue weighted by atomic mass is 10.1. The number of hydrogen-bond donors (Lipinski definition) is 1. The number of carbonyl (C=O) groups excluding carboxylic acids is 1. The van der Waals surface area contributed by atoms with E-state index in [-0.39, 0.29) is 11.9 Å². The molecule has 2 aromatic rings. The van der Waals surface area contributed by atoms with E-state index < -0.39 is 0 Å². The second-order valence-corrected chi connectivity index (χ2v) is 6.15. The Kier molecular flexibility index (Phi) is 6.52. The number of carbonyl (C=O) groups is 1. The zero-order valence-electron chi connectivity index (χ0n) is 13.5. The molecular weight excluding hydrogens is 314 g/mol. The standard InChI is InChI=1S/C16H22ClN5O/c1-12(2)22-15(19-20-21-22)10-11-18-16(23)5-3-4-13-6-8-14(17)9-7-13/h6-9,12H,3-5,10-11H2,1-2H3,(H,18,23). The number of benzene rings is 1. The molecule has 0 bridgehead atoms. The van der Waals surface area contributed by atoms with Crippen LogP contribution in [0.25, 0.3) is 0 Å². The minimum atomic E-state index is 0.0579. The van der Waals surface area contributed by atoms with Crippen LogP contribution in [0.1, 0.15) is 44.1 Å². The van der Waals surface area contributed by atoms with Crippen molar-refractivity contribution >= 4 is 17.5 Å². The zero-order valence-corrected chi connectivity index (χ0v) is 14.3. The SMILES string of the molecule is CC(C)n1nnnc1CCNC(=O)CCCc1ccc(Cl)cc1. The highest BCUT2D eigenvalue weighted by molar-refractivity contribution is 6.30. The first-order chi connectivity index (χ1) is 11.1. The van der Waals surface area contributed by atoms with Crippen molar-refractivity contribution in [2.24, 2.45) is 0 Å². The third-order valence-electron chi connectivity index (χ3n) is 3.50. The molecule has 0 saturated carbocycles. The van der Waals surface area contributed by atoms with Crippen molar-refractivity contribution in [3.05, 3.63) is 40.7 Å². The normalized spacial score (nSPS) is 11.0. The van der Waals surface area contributed by atoms with Crippen molar-refractivity contribution in [2.75, 3.05) is 6.54 Å². The summed E-state index contributed by atoms with van der Waals surface area (Å²) >= 11 is 5.85. The third kappa shape index (κ3) is 5.63. The van der Waals surface area contributed by atoms with Crippen LogP contribution in [0.2, 0.25) is 5.02 Å². The maximum Gasteiger partial charge on any atom is 0.220 e. The summed E-state index contributed by atoms with van der Waals surface area (Å²) in [6, 6.07) is 7.94. The van der Waals surface area contributed by atoms with Crippen LogP contribution in [0, 0.1) is 0 Å². The van der Waals surface area contributed by atoms with Gasteiger partial charge in [-0.1, -0.05) is 23.7 Å². The number of nitrogens with zero attached hydrogens (tertiary/aromatic N) is 4. The van der Waals surface area contributed by atoms with Crippen LogP contribution < -0.4 is 5.32 Å². The van der Waals surface area contributed by atoms with E-state index in [1.807, 2.05) is 38.1 Å². The first kappa shape index (κ1) is 17.4. The van der Waals surface area contributed by atoms with Gasteiger partial charge in [-0.2, -0.15) is 0 Å². The predicted octanol–water partition coefficient (Wildman–Crippen LogP) is 2.59. The monoisotopic (exact) mass is 335 g/mol.